The largest absolute Gasteiger partial charge is 0.494 e. The fraction of sp³-hybridized carbons (Fsp3) is 0.143. The smallest absolute Gasteiger partial charge is 0.204 e. The first-order valence-corrected chi connectivity index (χ1v) is 6.86. The number of nitrogens with zero attached hydrogens (tertiary/aromatic N) is 2. The molecule has 0 saturated carbocycles. The summed E-state index contributed by atoms with van der Waals surface area (Å²) in [5.74, 6) is -0.0138. The first-order valence-electron chi connectivity index (χ1n) is 6.04. The Kier molecular flexibility index (Phi) is 2.76. The number of nitrogens with two attached hydrogens (primary N) is 1. The minimum absolute atomic E-state index is 0.121. The molecule has 0 fully saturated rings. The number of rotatable bonds is 2. The number of ketones is 1. The zero-order valence-corrected chi connectivity index (χ0v) is 11.9. The van der Waals surface area contributed by atoms with Gasteiger partial charge in [-0.15, -0.1) is 11.3 Å². The van der Waals surface area contributed by atoms with Crippen LogP contribution in [-0.2, 0) is 7.05 Å². The van der Waals surface area contributed by atoms with E-state index in [-0.39, 0.29) is 17.2 Å². The highest BCUT2D eigenvalue weighted by atomic mass is 32.1. The van der Waals surface area contributed by atoms with E-state index in [1.807, 2.05) is 24.3 Å². The Morgan fingerprint density at radius 2 is 2.10 bits per heavy atom. The number of hydrogen-bond acceptors (Lipinski definition) is 5. The van der Waals surface area contributed by atoms with Crippen LogP contribution in [0.5, 0.6) is 5.88 Å². The Morgan fingerprint density at radius 3 is 2.75 bits per heavy atom. The maximum Gasteiger partial charge on any atom is 0.204 e. The van der Waals surface area contributed by atoms with E-state index >= 15 is 0 Å². The van der Waals surface area contributed by atoms with Crippen LogP contribution >= 0.6 is 11.3 Å². The number of nitrogen functional groups attached to an aromatic ring is 1. The van der Waals surface area contributed by atoms with Crippen LogP contribution in [0.15, 0.2) is 24.3 Å². The number of para-hydroxylation sites is 1. The summed E-state index contributed by atoms with van der Waals surface area (Å²) >= 11 is 1.45. The van der Waals surface area contributed by atoms with E-state index in [0.29, 0.717) is 16.4 Å². The molecule has 0 saturated heterocycles. The Balaban J connectivity index is 2.33. The molecule has 2 heterocycles. The average Bonchev–Trinajstić information content (AvgIpc) is 2.93. The number of anilines is 1. The molecule has 3 aromatic rings. The summed E-state index contributed by atoms with van der Waals surface area (Å²) in [6.07, 6.45) is 0. The van der Waals surface area contributed by atoms with Crippen LogP contribution in [-0.4, -0.2) is 20.4 Å². The second kappa shape index (κ2) is 4.35. The number of aromatic hydroxyl groups is 1. The van der Waals surface area contributed by atoms with Gasteiger partial charge in [-0.3, -0.25) is 4.79 Å². The second-order valence-electron chi connectivity index (χ2n) is 4.56. The minimum atomic E-state index is -0.232. The maximum atomic E-state index is 11.8. The summed E-state index contributed by atoms with van der Waals surface area (Å²) in [6, 6.07) is 7.70. The Bertz CT molecular complexity index is 799. The predicted octanol–water partition coefficient (Wildman–Crippen LogP) is 2.79. The number of thiazole rings is 1. The molecule has 0 aliphatic heterocycles. The molecule has 0 amide bonds. The lowest BCUT2D eigenvalue weighted by atomic mass is 10.1. The quantitative estimate of drug-likeness (QED) is 0.710. The van der Waals surface area contributed by atoms with Crippen LogP contribution < -0.4 is 5.73 Å². The SMILES string of the molecule is CC(=O)c1c(-c2nc3ccccc3s2)c(N)n(C)c1O. The van der Waals surface area contributed by atoms with Crippen LogP contribution in [0.25, 0.3) is 20.8 Å². The van der Waals surface area contributed by atoms with Crippen molar-refractivity contribution in [3.05, 3.63) is 29.8 Å². The van der Waals surface area contributed by atoms with Crippen LogP contribution in [0.2, 0.25) is 0 Å². The Hall–Kier alpha value is -2.34. The highest BCUT2D eigenvalue weighted by Gasteiger charge is 2.25. The van der Waals surface area contributed by atoms with Gasteiger partial charge in [-0.25, -0.2) is 4.98 Å². The van der Waals surface area contributed by atoms with E-state index in [0.717, 1.165) is 10.2 Å². The summed E-state index contributed by atoms with van der Waals surface area (Å²) in [4.78, 5) is 16.3. The van der Waals surface area contributed by atoms with E-state index in [9.17, 15) is 9.90 Å². The summed E-state index contributed by atoms with van der Waals surface area (Å²) in [5, 5.41) is 10.7. The number of benzene rings is 1. The highest BCUT2D eigenvalue weighted by molar-refractivity contribution is 7.21. The molecule has 0 unspecified atom stereocenters. The lowest BCUT2D eigenvalue weighted by molar-refractivity contribution is 0.101. The van der Waals surface area contributed by atoms with Gasteiger partial charge in [0.2, 0.25) is 5.88 Å². The van der Waals surface area contributed by atoms with Gasteiger partial charge in [0, 0.05) is 7.05 Å². The second-order valence-corrected chi connectivity index (χ2v) is 5.59. The number of carbonyl (C=O) groups is 1. The van der Waals surface area contributed by atoms with Crippen LogP contribution in [0, 0.1) is 0 Å². The van der Waals surface area contributed by atoms with Gasteiger partial charge < -0.3 is 15.4 Å². The summed E-state index contributed by atoms with van der Waals surface area (Å²) in [5.41, 5.74) is 7.60. The fourth-order valence-corrected chi connectivity index (χ4v) is 3.24. The van der Waals surface area contributed by atoms with Crippen molar-refractivity contribution in [3.63, 3.8) is 0 Å². The van der Waals surface area contributed by atoms with Crippen LogP contribution in [0.4, 0.5) is 5.82 Å². The number of Topliss-reactive ketones (excluding diaryl/α,β-unsaturated/α-hetero) is 1. The van der Waals surface area contributed by atoms with Gasteiger partial charge in [0.15, 0.2) is 5.78 Å². The third kappa shape index (κ3) is 1.69. The molecule has 5 nitrogen and oxygen atoms in total. The van der Waals surface area contributed by atoms with E-state index in [4.69, 9.17) is 5.73 Å². The lowest BCUT2D eigenvalue weighted by Gasteiger charge is -1.98. The molecule has 0 atom stereocenters. The molecule has 0 aliphatic carbocycles. The predicted molar refractivity (Wildman–Crippen MR) is 80.1 cm³/mol. The molecule has 2 aromatic heterocycles. The molecule has 3 rings (SSSR count). The van der Waals surface area contributed by atoms with Crippen molar-refractivity contribution < 1.29 is 9.90 Å². The van der Waals surface area contributed by atoms with Crippen molar-refractivity contribution in [3.8, 4) is 16.5 Å². The van der Waals surface area contributed by atoms with Crippen molar-refractivity contribution in [2.75, 3.05) is 5.73 Å². The van der Waals surface area contributed by atoms with Crippen molar-refractivity contribution >= 4 is 33.2 Å². The lowest BCUT2D eigenvalue weighted by Crippen LogP contribution is -1.96. The van der Waals surface area contributed by atoms with E-state index < -0.39 is 0 Å². The van der Waals surface area contributed by atoms with E-state index in [2.05, 4.69) is 4.98 Å². The standard InChI is InChI=1S/C14H13N3O2S/c1-7(18)10-11(12(15)17(2)14(10)19)13-16-8-5-3-4-6-9(8)20-13/h3-6,19H,15H2,1-2H3. The molecule has 1 aromatic carbocycles. The third-order valence-corrected chi connectivity index (χ3v) is 4.32. The van der Waals surface area contributed by atoms with Gasteiger partial charge in [-0.1, -0.05) is 12.1 Å². The molecule has 20 heavy (non-hydrogen) atoms. The van der Waals surface area contributed by atoms with Gasteiger partial charge in [-0.2, -0.15) is 0 Å². The van der Waals surface area contributed by atoms with E-state index in [1.54, 1.807) is 7.05 Å². The van der Waals surface area contributed by atoms with Crippen molar-refractivity contribution in [2.24, 2.45) is 7.05 Å². The number of fused-ring (bicyclic) bond motifs is 1. The van der Waals surface area contributed by atoms with Crippen LogP contribution in [0.3, 0.4) is 0 Å². The molecule has 0 spiro atoms. The number of aromatic nitrogens is 2. The Labute approximate surface area is 119 Å². The number of carbonyl (C=O) groups excluding carboxylic acids is 1. The van der Waals surface area contributed by atoms with Gasteiger partial charge in [0.1, 0.15) is 10.8 Å². The third-order valence-electron chi connectivity index (χ3n) is 3.27. The molecule has 102 valence electrons. The molecule has 0 bridgehead atoms. The zero-order valence-electron chi connectivity index (χ0n) is 11.0. The van der Waals surface area contributed by atoms with E-state index in [1.165, 1.54) is 22.8 Å². The van der Waals surface area contributed by atoms with Crippen molar-refractivity contribution in [1.82, 2.24) is 9.55 Å². The first kappa shape index (κ1) is 12.7. The van der Waals surface area contributed by atoms with Gasteiger partial charge in [0.05, 0.1) is 21.3 Å². The summed E-state index contributed by atoms with van der Waals surface area (Å²) in [6.45, 7) is 1.41. The van der Waals surface area contributed by atoms with Gasteiger partial charge in [0.25, 0.3) is 0 Å². The molecule has 3 N–H and O–H groups in total. The first-order chi connectivity index (χ1) is 9.50. The molecule has 6 heteroatoms. The average molecular weight is 287 g/mol. The molecule has 0 aliphatic rings. The van der Waals surface area contributed by atoms with Gasteiger partial charge >= 0.3 is 0 Å². The molecule has 0 radical (unpaired) electrons. The highest BCUT2D eigenvalue weighted by Crippen LogP contribution is 2.41. The van der Waals surface area contributed by atoms with Crippen molar-refractivity contribution in [2.45, 2.75) is 6.92 Å². The topological polar surface area (TPSA) is 81.1 Å². The monoisotopic (exact) mass is 287 g/mol. The number of hydrogen-bond donors (Lipinski definition) is 2. The fourth-order valence-electron chi connectivity index (χ4n) is 2.22. The normalized spacial score (nSPS) is 11.1. The van der Waals surface area contributed by atoms with Crippen LogP contribution in [0.1, 0.15) is 17.3 Å². The van der Waals surface area contributed by atoms with Gasteiger partial charge in [-0.05, 0) is 19.1 Å². The zero-order chi connectivity index (χ0) is 14.4. The maximum absolute atomic E-state index is 11.8. The Morgan fingerprint density at radius 1 is 1.40 bits per heavy atom. The molecular weight excluding hydrogens is 274 g/mol. The summed E-state index contributed by atoms with van der Waals surface area (Å²) < 4.78 is 2.41. The summed E-state index contributed by atoms with van der Waals surface area (Å²) in [7, 11) is 1.62. The molecular formula is C14H13N3O2S. The minimum Gasteiger partial charge on any atom is -0.494 e. The van der Waals surface area contributed by atoms with Crippen molar-refractivity contribution in [1.29, 1.82) is 0 Å².